The van der Waals surface area contributed by atoms with E-state index >= 15 is 0 Å². The molecule has 0 heterocycles. The van der Waals surface area contributed by atoms with Gasteiger partial charge in [0.05, 0.1) is 12.7 Å². The third kappa shape index (κ3) is 44.8. The van der Waals surface area contributed by atoms with E-state index in [2.05, 4.69) is 67.8 Å². The quantitative estimate of drug-likeness (QED) is 0.0359. The number of nitrogens with one attached hydrogen (secondary N) is 1. The first kappa shape index (κ1) is 58.7. The highest BCUT2D eigenvalue weighted by atomic mass is 16.5. The van der Waals surface area contributed by atoms with Crippen molar-refractivity contribution in [2.45, 2.75) is 232 Å². The van der Waals surface area contributed by atoms with E-state index in [1.807, 2.05) is 0 Å². The van der Waals surface area contributed by atoms with Crippen molar-refractivity contribution in [1.82, 2.24) is 5.32 Å². The van der Waals surface area contributed by atoms with Crippen molar-refractivity contribution in [1.29, 1.82) is 0 Å². The van der Waals surface area contributed by atoms with Crippen LogP contribution < -0.4 is 22.5 Å². The van der Waals surface area contributed by atoms with Crippen LogP contribution in [0.4, 0.5) is 0 Å². The third-order valence-corrected chi connectivity index (χ3v) is 12.0. The number of nitrogens with two attached hydrogens (primary N) is 3. The Bertz CT molecular complexity index is 913. The highest BCUT2D eigenvalue weighted by Crippen LogP contribution is 2.31. The van der Waals surface area contributed by atoms with Gasteiger partial charge in [0.15, 0.2) is 0 Å². The summed E-state index contributed by atoms with van der Waals surface area (Å²) in [7, 11) is 0. The Morgan fingerprint density at radius 1 is 0.417 bits per heavy atom. The van der Waals surface area contributed by atoms with Gasteiger partial charge in [-0.05, 0) is 154 Å². The van der Waals surface area contributed by atoms with Crippen molar-refractivity contribution in [3.63, 3.8) is 0 Å². The molecule has 0 rings (SSSR count). The summed E-state index contributed by atoms with van der Waals surface area (Å²) >= 11 is 0. The highest BCUT2D eigenvalue weighted by Gasteiger charge is 2.20. The van der Waals surface area contributed by atoms with Crippen LogP contribution in [0.15, 0.2) is 48.6 Å². The van der Waals surface area contributed by atoms with Crippen LogP contribution in [0.1, 0.15) is 226 Å². The molecule has 0 aliphatic rings. The second kappa shape index (κ2) is 52.1. The third-order valence-electron chi connectivity index (χ3n) is 12.0. The molecule has 60 heavy (non-hydrogen) atoms. The maximum Gasteiger partial charge on any atom is 0.0932 e. The molecule has 0 aromatic heterocycles. The van der Waals surface area contributed by atoms with E-state index < -0.39 is 0 Å². The second-order valence-electron chi connectivity index (χ2n) is 17.7. The molecule has 0 fully saturated rings. The van der Waals surface area contributed by atoms with E-state index in [0.29, 0.717) is 6.61 Å². The molecule has 0 spiro atoms. The van der Waals surface area contributed by atoms with Gasteiger partial charge in [0, 0.05) is 19.8 Å². The van der Waals surface area contributed by atoms with Gasteiger partial charge in [-0.3, -0.25) is 0 Å². The Hall–Kier alpha value is -1.28. The molecule has 0 aliphatic carbocycles. The Kier molecular flexibility index (Phi) is 51.0. The molecule has 0 aromatic carbocycles. The minimum absolute atomic E-state index is 0.126. The van der Waals surface area contributed by atoms with E-state index in [9.17, 15) is 0 Å². The van der Waals surface area contributed by atoms with Crippen molar-refractivity contribution in [2.24, 2.45) is 29.0 Å². The van der Waals surface area contributed by atoms with Crippen molar-refractivity contribution in [3.8, 4) is 0 Å². The summed E-state index contributed by atoms with van der Waals surface area (Å²) in [4.78, 5) is 0. The van der Waals surface area contributed by atoms with Crippen molar-refractivity contribution in [3.05, 3.63) is 48.6 Å². The minimum atomic E-state index is 0.126. The zero-order valence-corrected chi connectivity index (χ0v) is 40.4. The number of hydrogen-bond donors (Lipinski definition) is 4. The molecule has 7 N–H and O–H groups in total. The number of allylic oxidation sites excluding steroid dienone is 8. The first-order valence-electron chi connectivity index (χ1n) is 26.3. The molecular formula is C54H106N4O2. The van der Waals surface area contributed by atoms with Crippen molar-refractivity contribution < 1.29 is 9.47 Å². The van der Waals surface area contributed by atoms with Gasteiger partial charge in [-0.25, -0.2) is 0 Å². The summed E-state index contributed by atoms with van der Waals surface area (Å²) in [6.07, 6.45) is 60.1. The zero-order chi connectivity index (χ0) is 43.5. The topological polar surface area (TPSA) is 109 Å². The molecule has 0 radical (unpaired) electrons. The summed E-state index contributed by atoms with van der Waals surface area (Å²) in [5.41, 5.74) is 17.7. The van der Waals surface area contributed by atoms with Gasteiger partial charge >= 0.3 is 0 Å². The lowest BCUT2D eigenvalue weighted by atomic mass is 9.79. The van der Waals surface area contributed by atoms with E-state index in [1.165, 1.54) is 167 Å². The summed E-state index contributed by atoms with van der Waals surface area (Å²) in [6.45, 7) is 11.2. The van der Waals surface area contributed by atoms with Crippen LogP contribution in [0.5, 0.6) is 0 Å². The molecule has 6 heteroatoms. The zero-order valence-electron chi connectivity index (χ0n) is 40.4. The fourth-order valence-corrected chi connectivity index (χ4v) is 8.20. The standard InChI is InChI=1S/C54H106N4O2/c1-3-5-7-9-11-13-15-17-19-21-22-24-26-28-30-36-48-59-51-54(60-49-37-31-29-27-25-23-20-18-16-14-12-10-8-6-4-2)50-58-47-35-33-41-52(40-32-34-44-55)53(42-38-45-56)43-39-46-57/h11-14,17-20,52-54,58H,3-10,15-16,21-51,55-57H2,1-2H3. The van der Waals surface area contributed by atoms with Crippen LogP contribution in [-0.2, 0) is 9.47 Å². The maximum absolute atomic E-state index is 6.45. The van der Waals surface area contributed by atoms with Crippen LogP contribution in [0.2, 0.25) is 0 Å². The van der Waals surface area contributed by atoms with Crippen molar-refractivity contribution in [2.75, 3.05) is 52.5 Å². The summed E-state index contributed by atoms with van der Waals surface area (Å²) in [5, 5.41) is 3.75. The summed E-state index contributed by atoms with van der Waals surface area (Å²) < 4.78 is 12.7. The molecular weight excluding hydrogens is 737 g/mol. The van der Waals surface area contributed by atoms with E-state index in [4.69, 9.17) is 26.7 Å². The number of ether oxygens (including phenoxy) is 2. The van der Waals surface area contributed by atoms with Crippen LogP contribution in [0.25, 0.3) is 0 Å². The highest BCUT2D eigenvalue weighted by molar-refractivity contribution is 4.93. The average Bonchev–Trinajstić information content (AvgIpc) is 3.26. The molecule has 0 bridgehead atoms. The van der Waals surface area contributed by atoms with Gasteiger partial charge in [-0.1, -0.05) is 159 Å². The normalized spacial score (nSPS) is 13.4. The number of rotatable bonds is 50. The Morgan fingerprint density at radius 2 is 0.833 bits per heavy atom. The van der Waals surface area contributed by atoms with Crippen LogP contribution in [0, 0.1) is 11.8 Å². The average molecular weight is 843 g/mol. The molecule has 0 saturated carbocycles. The predicted molar refractivity (Wildman–Crippen MR) is 268 cm³/mol. The fraction of sp³-hybridized carbons (Fsp3) is 0.852. The van der Waals surface area contributed by atoms with E-state index in [1.54, 1.807) is 0 Å². The SMILES string of the molecule is CCCCCC=CCC=CCCCCCCCCOCC(CNCCCCC(CCCCN)C(CCCN)CCCN)OCCCCCCCC=CCC=CCCCCC. The molecule has 0 amide bonds. The summed E-state index contributed by atoms with van der Waals surface area (Å²) in [6, 6.07) is 0. The molecule has 2 atom stereocenters. The van der Waals surface area contributed by atoms with Gasteiger partial charge in [-0.2, -0.15) is 0 Å². The Balaban J connectivity index is 4.51. The van der Waals surface area contributed by atoms with Crippen LogP contribution >= 0.6 is 0 Å². The molecule has 2 unspecified atom stereocenters. The molecule has 0 saturated heterocycles. The minimum Gasteiger partial charge on any atom is -0.379 e. The monoisotopic (exact) mass is 843 g/mol. The Labute approximate surface area is 375 Å². The summed E-state index contributed by atoms with van der Waals surface area (Å²) in [5.74, 6) is 1.51. The van der Waals surface area contributed by atoms with E-state index in [0.717, 1.165) is 103 Å². The second-order valence-corrected chi connectivity index (χ2v) is 17.7. The van der Waals surface area contributed by atoms with Gasteiger partial charge in [-0.15, -0.1) is 0 Å². The van der Waals surface area contributed by atoms with Crippen molar-refractivity contribution >= 4 is 0 Å². The largest absolute Gasteiger partial charge is 0.379 e. The smallest absolute Gasteiger partial charge is 0.0932 e. The fourth-order valence-electron chi connectivity index (χ4n) is 8.20. The molecule has 0 aliphatic heterocycles. The molecule has 6 nitrogen and oxygen atoms in total. The van der Waals surface area contributed by atoms with E-state index in [-0.39, 0.29) is 6.10 Å². The van der Waals surface area contributed by atoms with Gasteiger partial charge in [0.2, 0.25) is 0 Å². The lowest BCUT2D eigenvalue weighted by molar-refractivity contribution is -0.0175. The predicted octanol–water partition coefficient (Wildman–Crippen LogP) is 14.2. The van der Waals surface area contributed by atoms with Crippen LogP contribution in [0.3, 0.4) is 0 Å². The van der Waals surface area contributed by atoms with Gasteiger partial charge in [0.1, 0.15) is 0 Å². The molecule has 354 valence electrons. The number of hydrogen-bond acceptors (Lipinski definition) is 6. The maximum atomic E-state index is 6.45. The Morgan fingerprint density at radius 3 is 1.32 bits per heavy atom. The van der Waals surface area contributed by atoms with Crippen LogP contribution in [-0.4, -0.2) is 58.6 Å². The lowest BCUT2D eigenvalue weighted by Crippen LogP contribution is -2.34. The lowest BCUT2D eigenvalue weighted by Gasteiger charge is -2.28. The number of unbranched alkanes of at least 4 members (excludes halogenated alkanes) is 19. The molecule has 0 aromatic rings. The van der Waals surface area contributed by atoms with Gasteiger partial charge in [0.25, 0.3) is 0 Å². The first-order valence-corrected chi connectivity index (χ1v) is 26.3. The first-order chi connectivity index (χ1) is 29.7. The van der Waals surface area contributed by atoms with Gasteiger partial charge < -0.3 is 32.0 Å².